The maximum Gasteiger partial charge on any atom is 0.276 e. The number of rotatable bonds is 6. The van der Waals surface area contributed by atoms with Crippen LogP contribution in [0, 0.1) is 0 Å². The van der Waals surface area contributed by atoms with Crippen molar-refractivity contribution in [2.45, 2.75) is 20.0 Å². The molecule has 0 atom stereocenters. The largest absolute Gasteiger partial charge is 0.318 e. The van der Waals surface area contributed by atoms with Crippen molar-refractivity contribution < 1.29 is 4.79 Å². The van der Waals surface area contributed by atoms with Gasteiger partial charge in [-0.25, -0.2) is 9.50 Å². The van der Waals surface area contributed by atoms with Gasteiger partial charge in [0, 0.05) is 36.2 Å². The lowest BCUT2D eigenvalue weighted by Crippen LogP contribution is -2.12. The minimum absolute atomic E-state index is 0.239. The molecule has 0 aliphatic heterocycles. The Morgan fingerprint density at radius 2 is 2.03 bits per heavy atom. The number of aryl methyl sites for hydroxylation is 1. The van der Waals surface area contributed by atoms with E-state index in [-0.39, 0.29) is 11.6 Å². The van der Waals surface area contributed by atoms with E-state index in [1.807, 2.05) is 48.1 Å². The van der Waals surface area contributed by atoms with Crippen LogP contribution < -0.4 is 5.32 Å². The first-order valence-electron chi connectivity index (χ1n) is 10.2. The number of nitrogens with zero attached hydrogens (tertiary/aromatic N) is 7. The average Bonchev–Trinajstić information content (AvgIpc) is 3.51. The number of amides is 1. The summed E-state index contributed by atoms with van der Waals surface area (Å²) in [6, 6.07) is 11.0. The summed E-state index contributed by atoms with van der Waals surface area (Å²) in [4.78, 5) is 17.2. The molecule has 0 saturated carbocycles. The number of benzene rings is 1. The zero-order chi connectivity index (χ0) is 22.9. The molecule has 4 heterocycles. The summed E-state index contributed by atoms with van der Waals surface area (Å²) in [7, 11) is 0. The van der Waals surface area contributed by atoms with E-state index in [4.69, 9.17) is 11.6 Å². The zero-order valence-corrected chi connectivity index (χ0v) is 19.8. The van der Waals surface area contributed by atoms with Gasteiger partial charge in [-0.2, -0.15) is 15.3 Å². The van der Waals surface area contributed by atoms with Crippen LogP contribution in [0.3, 0.4) is 0 Å². The summed E-state index contributed by atoms with van der Waals surface area (Å²) in [5, 5.41) is 16.9. The number of nitrogens with one attached hydrogen (secondary N) is 1. The Morgan fingerprint density at radius 1 is 1.15 bits per heavy atom. The first kappa shape index (κ1) is 21.4. The molecule has 9 nitrogen and oxygen atoms in total. The van der Waals surface area contributed by atoms with Gasteiger partial charge >= 0.3 is 0 Å². The molecule has 11 heteroatoms. The topological polar surface area (TPSA) is 94.9 Å². The van der Waals surface area contributed by atoms with Crippen LogP contribution in [0.2, 0.25) is 5.02 Å². The predicted octanol–water partition coefficient (Wildman–Crippen LogP) is 4.53. The monoisotopic (exact) mass is 524 g/mol. The van der Waals surface area contributed by atoms with E-state index in [2.05, 4.69) is 41.5 Å². The van der Waals surface area contributed by atoms with Crippen LogP contribution in [-0.2, 0) is 13.1 Å². The highest BCUT2D eigenvalue weighted by Gasteiger charge is 2.18. The Kier molecular flexibility index (Phi) is 5.69. The van der Waals surface area contributed by atoms with E-state index < -0.39 is 0 Å². The Bertz CT molecular complexity index is 1470. The second kappa shape index (κ2) is 8.80. The smallest absolute Gasteiger partial charge is 0.276 e. The third-order valence-corrected chi connectivity index (χ3v) is 5.81. The maximum absolute atomic E-state index is 12.9. The van der Waals surface area contributed by atoms with Crippen molar-refractivity contribution in [1.82, 2.24) is 34.2 Å². The fourth-order valence-electron chi connectivity index (χ4n) is 3.45. The van der Waals surface area contributed by atoms with Gasteiger partial charge in [-0.15, -0.1) is 0 Å². The van der Waals surface area contributed by atoms with Crippen LogP contribution in [0.25, 0.3) is 17.0 Å². The van der Waals surface area contributed by atoms with Gasteiger partial charge in [0.1, 0.15) is 5.69 Å². The lowest BCUT2D eigenvalue weighted by atomic mass is 10.2. The minimum Gasteiger partial charge on any atom is -0.318 e. The van der Waals surface area contributed by atoms with Crippen molar-refractivity contribution in [1.29, 1.82) is 0 Å². The van der Waals surface area contributed by atoms with E-state index in [9.17, 15) is 4.79 Å². The maximum atomic E-state index is 12.9. The molecule has 1 amide bonds. The molecule has 0 saturated heterocycles. The van der Waals surface area contributed by atoms with Gasteiger partial charge in [-0.05, 0) is 46.6 Å². The quantitative estimate of drug-likeness (QED) is 0.352. The molecule has 0 bridgehead atoms. The number of halogens is 2. The number of hydrogen-bond acceptors (Lipinski definition) is 5. The molecule has 0 aliphatic carbocycles. The number of aromatic nitrogens is 7. The first-order chi connectivity index (χ1) is 16.0. The van der Waals surface area contributed by atoms with Crippen molar-refractivity contribution >= 4 is 44.8 Å². The fraction of sp³-hybridized carbons (Fsp3) is 0.136. The van der Waals surface area contributed by atoms with Gasteiger partial charge in [-0.1, -0.05) is 23.7 Å². The fourth-order valence-corrected chi connectivity index (χ4v) is 4.18. The molecule has 0 aliphatic rings. The van der Waals surface area contributed by atoms with Crippen molar-refractivity contribution in [3.05, 3.63) is 81.9 Å². The van der Waals surface area contributed by atoms with E-state index in [0.717, 1.165) is 28.0 Å². The lowest BCUT2D eigenvalue weighted by molar-refractivity contribution is 0.102. The summed E-state index contributed by atoms with van der Waals surface area (Å²) in [6.45, 7) is 3.29. The van der Waals surface area contributed by atoms with E-state index in [1.165, 1.54) is 0 Å². The molecule has 0 radical (unpaired) electrons. The average molecular weight is 526 g/mol. The van der Waals surface area contributed by atoms with Crippen LogP contribution in [-0.4, -0.2) is 40.1 Å². The third-order valence-electron chi connectivity index (χ3n) is 5.00. The van der Waals surface area contributed by atoms with Crippen LogP contribution in [0.4, 0.5) is 5.69 Å². The molecule has 166 valence electrons. The Balaban J connectivity index is 1.37. The Hall–Kier alpha value is -3.50. The molecule has 5 rings (SSSR count). The second-order valence-electron chi connectivity index (χ2n) is 7.32. The summed E-state index contributed by atoms with van der Waals surface area (Å²) >= 11 is 9.59. The van der Waals surface area contributed by atoms with Crippen LogP contribution >= 0.6 is 27.5 Å². The molecule has 0 unspecified atom stereocenters. The van der Waals surface area contributed by atoms with Crippen molar-refractivity contribution in [3.8, 4) is 11.4 Å². The zero-order valence-electron chi connectivity index (χ0n) is 17.5. The molecule has 4 aromatic heterocycles. The summed E-state index contributed by atoms with van der Waals surface area (Å²) in [5.41, 5.74) is 3.82. The molecule has 33 heavy (non-hydrogen) atoms. The Morgan fingerprint density at radius 3 is 2.82 bits per heavy atom. The highest BCUT2D eigenvalue weighted by atomic mass is 79.9. The highest BCUT2D eigenvalue weighted by Crippen LogP contribution is 2.27. The van der Waals surface area contributed by atoms with Crippen LogP contribution in [0.15, 0.2) is 65.7 Å². The standard InChI is InChI=1S/C22H18BrClN8O/c1-2-30-13-17(23)21(29-30)19-6-7-25-20-9-18(28-32(19)20)22(33)27-16-10-26-31(12-16)11-14-4-3-5-15(24)8-14/h3-10,12-13H,2,11H2,1H3,(H,27,33). The SMILES string of the molecule is CCn1cc(Br)c(-c2ccnc3cc(C(=O)Nc4cnn(Cc5cccc(Cl)c5)c4)nn23)n1. The second-order valence-corrected chi connectivity index (χ2v) is 8.61. The lowest BCUT2D eigenvalue weighted by Gasteiger charge is -2.02. The van der Waals surface area contributed by atoms with Crippen LogP contribution in [0.5, 0.6) is 0 Å². The number of anilines is 1. The molecule has 1 aromatic carbocycles. The van der Waals surface area contributed by atoms with Gasteiger partial charge in [0.15, 0.2) is 11.3 Å². The third kappa shape index (κ3) is 4.39. The van der Waals surface area contributed by atoms with Gasteiger partial charge < -0.3 is 5.32 Å². The normalized spacial score (nSPS) is 11.2. The van der Waals surface area contributed by atoms with Crippen molar-refractivity contribution in [3.63, 3.8) is 0 Å². The van der Waals surface area contributed by atoms with Gasteiger partial charge in [0.2, 0.25) is 0 Å². The van der Waals surface area contributed by atoms with E-state index in [1.54, 1.807) is 33.9 Å². The number of carbonyl (C=O) groups is 1. The van der Waals surface area contributed by atoms with Gasteiger partial charge in [0.05, 0.1) is 28.6 Å². The van der Waals surface area contributed by atoms with Crippen molar-refractivity contribution in [2.75, 3.05) is 5.32 Å². The van der Waals surface area contributed by atoms with Crippen LogP contribution in [0.1, 0.15) is 23.0 Å². The first-order valence-corrected chi connectivity index (χ1v) is 11.3. The molecular formula is C22H18BrClN8O. The Labute approximate surface area is 202 Å². The van der Waals surface area contributed by atoms with E-state index >= 15 is 0 Å². The molecule has 0 spiro atoms. The molecule has 5 aromatic rings. The van der Waals surface area contributed by atoms with E-state index in [0.29, 0.717) is 22.9 Å². The van der Waals surface area contributed by atoms with Crippen molar-refractivity contribution in [2.24, 2.45) is 0 Å². The van der Waals surface area contributed by atoms with Gasteiger partial charge in [0.25, 0.3) is 5.91 Å². The summed E-state index contributed by atoms with van der Waals surface area (Å²) in [6.07, 6.45) is 6.92. The number of fused-ring (bicyclic) bond motifs is 1. The molecule has 1 N–H and O–H groups in total. The highest BCUT2D eigenvalue weighted by molar-refractivity contribution is 9.10. The summed E-state index contributed by atoms with van der Waals surface area (Å²) < 4.78 is 6.01. The van der Waals surface area contributed by atoms with Gasteiger partial charge in [-0.3, -0.25) is 14.2 Å². The number of hydrogen-bond donors (Lipinski definition) is 1. The molecule has 0 fully saturated rings. The number of carbonyl (C=O) groups excluding carboxylic acids is 1. The molecular weight excluding hydrogens is 508 g/mol. The predicted molar refractivity (Wildman–Crippen MR) is 128 cm³/mol. The summed E-state index contributed by atoms with van der Waals surface area (Å²) in [5.74, 6) is -0.355. The minimum atomic E-state index is -0.355.